The summed E-state index contributed by atoms with van der Waals surface area (Å²) in [5.41, 5.74) is 0.684. The Morgan fingerprint density at radius 1 is 1.17 bits per heavy atom. The number of fused-ring (bicyclic) bond motifs is 1. The number of hydrogen-bond donors (Lipinski definition) is 1. The van der Waals surface area contributed by atoms with Gasteiger partial charge in [0.05, 0.1) is 0 Å². The number of hydrogen-bond acceptors (Lipinski definition) is 4. The summed E-state index contributed by atoms with van der Waals surface area (Å²) >= 11 is 0. The van der Waals surface area contributed by atoms with Crippen molar-refractivity contribution in [2.24, 2.45) is 0 Å². The maximum absolute atomic E-state index is 10.1. The third-order valence-corrected chi connectivity index (χ3v) is 2.83. The Morgan fingerprint density at radius 3 is 2.28 bits per heavy atom. The highest BCUT2D eigenvalue weighted by Crippen LogP contribution is 2.27. The fourth-order valence-electron chi connectivity index (χ4n) is 1.92. The van der Waals surface area contributed by atoms with Crippen molar-refractivity contribution >= 4 is 5.65 Å². The van der Waals surface area contributed by atoms with Gasteiger partial charge in [0.15, 0.2) is 11.5 Å². The monoisotopic (exact) mass is 248 g/mol. The van der Waals surface area contributed by atoms with Crippen LogP contribution in [0.2, 0.25) is 0 Å². The highest BCUT2D eigenvalue weighted by atomic mass is 16.3. The second kappa shape index (κ2) is 3.75. The molecule has 2 aromatic rings. The molecule has 98 valence electrons. The molecule has 0 aliphatic rings. The highest BCUT2D eigenvalue weighted by molar-refractivity contribution is 5.50. The third kappa shape index (κ3) is 2.10. The van der Waals surface area contributed by atoms with Gasteiger partial charge in [-0.25, -0.2) is 9.97 Å². The van der Waals surface area contributed by atoms with Crippen molar-refractivity contribution in [2.75, 3.05) is 0 Å². The molecule has 0 bridgehead atoms. The van der Waals surface area contributed by atoms with Crippen LogP contribution in [0.5, 0.6) is 0 Å². The molecular weight excluding hydrogens is 228 g/mol. The zero-order valence-electron chi connectivity index (χ0n) is 11.8. The van der Waals surface area contributed by atoms with Crippen LogP contribution in [0.1, 0.15) is 51.8 Å². The summed E-state index contributed by atoms with van der Waals surface area (Å²) in [6, 6.07) is 0. The fourth-order valence-corrected chi connectivity index (χ4v) is 1.92. The van der Waals surface area contributed by atoms with Crippen molar-refractivity contribution in [1.29, 1.82) is 0 Å². The molecular formula is C13H20N4O. The van der Waals surface area contributed by atoms with E-state index in [0.29, 0.717) is 11.6 Å². The molecule has 1 N–H and O–H groups in total. The van der Waals surface area contributed by atoms with E-state index in [0.717, 1.165) is 11.2 Å². The maximum Gasteiger partial charge on any atom is 0.163 e. The smallest absolute Gasteiger partial charge is 0.163 e. The normalized spacial score (nSPS) is 13.3. The summed E-state index contributed by atoms with van der Waals surface area (Å²) in [4.78, 5) is 8.82. The minimum atomic E-state index is -1.05. The molecule has 0 spiro atoms. The molecule has 0 fully saturated rings. The Labute approximate surface area is 107 Å². The second-order valence-electron chi connectivity index (χ2n) is 6.20. The van der Waals surface area contributed by atoms with Gasteiger partial charge in [-0.15, -0.1) is 5.10 Å². The Hall–Kier alpha value is -1.49. The van der Waals surface area contributed by atoms with Crippen LogP contribution in [0, 0.1) is 6.92 Å². The van der Waals surface area contributed by atoms with Crippen molar-refractivity contribution in [3.63, 3.8) is 0 Å². The average Bonchev–Trinajstić information content (AvgIpc) is 2.53. The van der Waals surface area contributed by atoms with Gasteiger partial charge < -0.3 is 5.11 Å². The third-order valence-electron chi connectivity index (χ3n) is 2.83. The van der Waals surface area contributed by atoms with E-state index in [1.165, 1.54) is 0 Å². The number of aliphatic hydroxyl groups is 1. The molecule has 2 heterocycles. The first-order valence-corrected chi connectivity index (χ1v) is 6.06. The van der Waals surface area contributed by atoms with Gasteiger partial charge in [-0.3, -0.25) is 0 Å². The predicted molar refractivity (Wildman–Crippen MR) is 69.5 cm³/mol. The van der Waals surface area contributed by atoms with Gasteiger partial charge in [-0.05, 0) is 26.2 Å². The number of rotatable bonds is 1. The van der Waals surface area contributed by atoms with Gasteiger partial charge in [0, 0.05) is 11.8 Å². The summed E-state index contributed by atoms with van der Waals surface area (Å²) < 4.78 is 1.65. The molecule has 2 rings (SSSR count). The molecule has 5 heteroatoms. The van der Waals surface area contributed by atoms with Gasteiger partial charge in [0.25, 0.3) is 0 Å². The fraction of sp³-hybridized carbons (Fsp3) is 0.615. The van der Waals surface area contributed by atoms with Crippen LogP contribution in [-0.2, 0) is 11.0 Å². The quantitative estimate of drug-likeness (QED) is 0.838. The summed E-state index contributed by atoms with van der Waals surface area (Å²) in [5, 5.41) is 14.5. The lowest BCUT2D eigenvalue weighted by Crippen LogP contribution is -2.24. The van der Waals surface area contributed by atoms with E-state index in [1.54, 1.807) is 24.6 Å². The van der Waals surface area contributed by atoms with Crippen LogP contribution in [0.25, 0.3) is 5.65 Å². The summed E-state index contributed by atoms with van der Waals surface area (Å²) in [7, 11) is 0. The minimum Gasteiger partial charge on any atom is -0.382 e. The van der Waals surface area contributed by atoms with E-state index >= 15 is 0 Å². The van der Waals surface area contributed by atoms with Crippen LogP contribution in [-0.4, -0.2) is 24.7 Å². The van der Waals surface area contributed by atoms with Crippen LogP contribution in [0.4, 0.5) is 0 Å². The van der Waals surface area contributed by atoms with Crippen molar-refractivity contribution in [2.45, 2.75) is 52.6 Å². The van der Waals surface area contributed by atoms with Gasteiger partial charge in [0.1, 0.15) is 11.4 Å². The molecule has 0 aliphatic carbocycles. The molecule has 0 unspecified atom stereocenters. The van der Waals surface area contributed by atoms with Gasteiger partial charge in [-0.1, -0.05) is 20.8 Å². The Bertz CT molecular complexity index is 536. The first-order chi connectivity index (χ1) is 8.10. The van der Waals surface area contributed by atoms with Crippen molar-refractivity contribution in [1.82, 2.24) is 19.6 Å². The Kier molecular flexibility index (Phi) is 2.70. The lowest BCUT2D eigenvalue weighted by molar-refractivity contribution is 0.0659. The van der Waals surface area contributed by atoms with E-state index in [1.807, 2.05) is 6.92 Å². The standard InChI is InChI=1S/C13H20N4O/c1-8-15-10-9(12(2,3)4)7-14-11(13(5,6)18)17(10)16-8/h7,18H,1-6H3. The molecule has 0 radical (unpaired) electrons. The summed E-state index contributed by atoms with van der Waals surface area (Å²) in [6.07, 6.45) is 1.79. The predicted octanol–water partition coefficient (Wildman–Crippen LogP) is 1.96. The van der Waals surface area contributed by atoms with Crippen molar-refractivity contribution in [3.05, 3.63) is 23.4 Å². The van der Waals surface area contributed by atoms with Crippen molar-refractivity contribution in [3.8, 4) is 0 Å². The van der Waals surface area contributed by atoms with E-state index in [-0.39, 0.29) is 5.41 Å². The topological polar surface area (TPSA) is 63.3 Å². The van der Waals surface area contributed by atoms with Crippen molar-refractivity contribution < 1.29 is 5.11 Å². The highest BCUT2D eigenvalue weighted by Gasteiger charge is 2.27. The maximum atomic E-state index is 10.1. The Balaban J connectivity index is 2.83. The number of aryl methyl sites for hydroxylation is 1. The molecule has 18 heavy (non-hydrogen) atoms. The van der Waals surface area contributed by atoms with E-state index in [9.17, 15) is 5.11 Å². The van der Waals surface area contributed by atoms with Crippen LogP contribution in [0.3, 0.4) is 0 Å². The van der Waals surface area contributed by atoms with Crippen LogP contribution < -0.4 is 0 Å². The van der Waals surface area contributed by atoms with E-state index in [4.69, 9.17) is 0 Å². The van der Waals surface area contributed by atoms with Gasteiger partial charge in [0.2, 0.25) is 0 Å². The lowest BCUT2D eigenvalue weighted by Gasteiger charge is -2.22. The molecule has 0 atom stereocenters. The first kappa shape index (κ1) is 13.0. The minimum absolute atomic E-state index is 0.0636. The van der Waals surface area contributed by atoms with E-state index in [2.05, 4.69) is 35.8 Å². The molecule has 0 amide bonds. The molecule has 5 nitrogen and oxygen atoms in total. The number of aromatic nitrogens is 4. The van der Waals surface area contributed by atoms with Crippen LogP contribution >= 0.6 is 0 Å². The number of nitrogens with zero attached hydrogens (tertiary/aromatic N) is 4. The van der Waals surface area contributed by atoms with Crippen LogP contribution in [0.15, 0.2) is 6.20 Å². The summed E-state index contributed by atoms with van der Waals surface area (Å²) in [6.45, 7) is 11.6. The van der Waals surface area contributed by atoms with Gasteiger partial charge >= 0.3 is 0 Å². The molecule has 0 saturated carbocycles. The van der Waals surface area contributed by atoms with Gasteiger partial charge in [-0.2, -0.15) is 4.52 Å². The zero-order valence-corrected chi connectivity index (χ0v) is 11.8. The lowest BCUT2D eigenvalue weighted by atomic mass is 9.88. The zero-order chi connectivity index (χ0) is 13.7. The Morgan fingerprint density at radius 2 is 1.78 bits per heavy atom. The summed E-state index contributed by atoms with van der Waals surface area (Å²) in [5.74, 6) is 1.19. The molecule has 0 aliphatic heterocycles. The largest absolute Gasteiger partial charge is 0.382 e. The molecule has 0 aromatic carbocycles. The second-order valence-corrected chi connectivity index (χ2v) is 6.20. The molecule has 2 aromatic heterocycles. The first-order valence-electron chi connectivity index (χ1n) is 6.06. The average molecular weight is 248 g/mol. The molecule has 0 saturated heterocycles. The SMILES string of the molecule is Cc1nc2c(C(C)(C)C)cnc(C(C)(C)O)n2n1. The van der Waals surface area contributed by atoms with E-state index < -0.39 is 5.60 Å².